The van der Waals surface area contributed by atoms with Crippen molar-refractivity contribution in [3.63, 3.8) is 0 Å². The molecule has 1 aromatic rings. The highest BCUT2D eigenvalue weighted by molar-refractivity contribution is 5.40. The Bertz CT molecular complexity index is 467. The van der Waals surface area contributed by atoms with Crippen LogP contribution in [0.25, 0.3) is 0 Å². The molecule has 1 saturated carbocycles. The van der Waals surface area contributed by atoms with Crippen molar-refractivity contribution in [2.24, 2.45) is 5.73 Å². The topological polar surface area (TPSA) is 26.0 Å². The van der Waals surface area contributed by atoms with Crippen LogP contribution in [0.3, 0.4) is 0 Å². The Kier molecular flexibility index (Phi) is 2.74. The lowest BCUT2D eigenvalue weighted by atomic mass is 9.78. The molecule has 2 N–H and O–H groups in total. The molecule has 1 aromatic carbocycles. The first-order valence-corrected chi connectivity index (χ1v) is 5.74. The second-order valence-electron chi connectivity index (χ2n) is 5.50. The maximum Gasteiger partial charge on any atom is 0.416 e. The Balaban J connectivity index is 2.52. The molecule has 0 radical (unpaired) electrons. The molecule has 1 aliphatic rings. The lowest BCUT2D eigenvalue weighted by molar-refractivity contribution is -0.137. The van der Waals surface area contributed by atoms with Crippen LogP contribution in [0.5, 0.6) is 0 Å². The van der Waals surface area contributed by atoms with Gasteiger partial charge in [-0.25, -0.2) is 4.39 Å². The summed E-state index contributed by atoms with van der Waals surface area (Å²) in [5.74, 6) is -0.612. The van der Waals surface area contributed by atoms with Gasteiger partial charge in [0.15, 0.2) is 0 Å². The molecule has 0 amide bonds. The first kappa shape index (κ1) is 13.3. The van der Waals surface area contributed by atoms with E-state index in [1.807, 2.05) is 0 Å². The maximum absolute atomic E-state index is 13.8. The Hall–Kier alpha value is -1.10. The summed E-state index contributed by atoms with van der Waals surface area (Å²) in [5, 5.41) is 0. The monoisotopic (exact) mass is 261 g/mol. The lowest BCUT2D eigenvalue weighted by Crippen LogP contribution is -2.45. The van der Waals surface area contributed by atoms with Gasteiger partial charge in [0.05, 0.1) is 5.56 Å². The molecule has 0 aromatic heterocycles. The van der Waals surface area contributed by atoms with Crippen LogP contribution in [0.1, 0.15) is 37.8 Å². The van der Waals surface area contributed by atoms with Crippen LogP contribution in [-0.2, 0) is 11.6 Å². The van der Waals surface area contributed by atoms with Gasteiger partial charge in [0.1, 0.15) is 5.82 Å². The van der Waals surface area contributed by atoms with E-state index in [9.17, 15) is 17.6 Å². The molecule has 0 saturated heterocycles. The fraction of sp³-hybridized carbons (Fsp3) is 0.538. The number of alkyl halides is 3. The lowest BCUT2D eigenvalue weighted by Gasteiger charge is -2.32. The van der Waals surface area contributed by atoms with E-state index in [2.05, 4.69) is 0 Å². The van der Waals surface area contributed by atoms with Crippen molar-refractivity contribution in [1.29, 1.82) is 0 Å². The predicted octanol–water partition coefficient (Wildman–Crippen LogP) is 3.61. The van der Waals surface area contributed by atoms with Crippen molar-refractivity contribution in [3.8, 4) is 0 Å². The number of nitrogens with two attached hydrogens (primary N) is 1. The summed E-state index contributed by atoms with van der Waals surface area (Å²) in [6, 6.07) is 2.54. The van der Waals surface area contributed by atoms with Gasteiger partial charge in [-0.3, -0.25) is 0 Å². The SMILES string of the molecule is CC(C)(N)C1(c2cc(C(F)(F)F)ccc2F)CC1. The van der Waals surface area contributed by atoms with E-state index in [4.69, 9.17) is 5.73 Å². The summed E-state index contributed by atoms with van der Waals surface area (Å²) in [5.41, 5.74) is 3.84. The molecule has 0 heterocycles. The molecule has 0 aliphatic heterocycles. The van der Waals surface area contributed by atoms with E-state index < -0.39 is 28.5 Å². The van der Waals surface area contributed by atoms with Gasteiger partial charge in [-0.15, -0.1) is 0 Å². The molecule has 2 rings (SSSR count). The summed E-state index contributed by atoms with van der Waals surface area (Å²) in [6.45, 7) is 3.44. The molecular formula is C13H15F4N. The summed E-state index contributed by atoms with van der Waals surface area (Å²) < 4.78 is 51.8. The second-order valence-corrected chi connectivity index (χ2v) is 5.50. The van der Waals surface area contributed by atoms with E-state index in [0.29, 0.717) is 12.8 Å². The van der Waals surface area contributed by atoms with Crippen molar-refractivity contribution in [2.45, 2.75) is 43.8 Å². The van der Waals surface area contributed by atoms with Crippen molar-refractivity contribution >= 4 is 0 Å². The molecule has 5 heteroatoms. The molecule has 1 fully saturated rings. The molecular weight excluding hydrogens is 246 g/mol. The maximum atomic E-state index is 13.8. The molecule has 18 heavy (non-hydrogen) atoms. The zero-order valence-corrected chi connectivity index (χ0v) is 10.2. The zero-order valence-electron chi connectivity index (χ0n) is 10.2. The van der Waals surface area contributed by atoms with Crippen molar-refractivity contribution in [3.05, 3.63) is 35.1 Å². The highest BCUT2D eigenvalue weighted by atomic mass is 19.4. The van der Waals surface area contributed by atoms with Crippen LogP contribution in [0, 0.1) is 5.82 Å². The van der Waals surface area contributed by atoms with Gasteiger partial charge in [0, 0.05) is 11.0 Å². The van der Waals surface area contributed by atoms with Gasteiger partial charge in [-0.05, 0) is 50.5 Å². The normalized spacial score (nSPS) is 18.8. The Morgan fingerprint density at radius 3 is 2.11 bits per heavy atom. The molecule has 0 spiro atoms. The van der Waals surface area contributed by atoms with E-state index in [0.717, 1.165) is 18.2 Å². The van der Waals surface area contributed by atoms with Crippen LogP contribution < -0.4 is 5.73 Å². The minimum absolute atomic E-state index is 0.0878. The van der Waals surface area contributed by atoms with Gasteiger partial charge in [0.25, 0.3) is 0 Å². The smallest absolute Gasteiger partial charge is 0.325 e. The third-order valence-corrected chi connectivity index (χ3v) is 3.79. The first-order valence-electron chi connectivity index (χ1n) is 5.74. The third-order valence-electron chi connectivity index (χ3n) is 3.79. The van der Waals surface area contributed by atoms with E-state index >= 15 is 0 Å². The minimum Gasteiger partial charge on any atom is -0.325 e. The van der Waals surface area contributed by atoms with E-state index in [-0.39, 0.29) is 5.56 Å². The van der Waals surface area contributed by atoms with Gasteiger partial charge < -0.3 is 5.73 Å². The average molecular weight is 261 g/mol. The Morgan fingerprint density at radius 1 is 1.17 bits per heavy atom. The largest absolute Gasteiger partial charge is 0.416 e. The Labute approximate surface area is 103 Å². The highest BCUT2D eigenvalue weighted by Crippen LogP contribution is 2.55. The van der Waals surface area contributed by atoms with Crippen LogP contribution >= 0.6 is 0 Å². The molecule has 0 unspecified atom stereocenters. The van der Waals surface area contributed by atoms with E-state index in [1.165, 1.54) is 0 Å². The van der Waals surface area contributed by atoms with Crippen molar-refractivity contribution < 1.29 is 17.6 Å². The molecule has 100 valence electrons. The van der Waals surface area contributed by atoms with Crippen LogP contribution in [-0.4, -0.2) is 5.54 Å². The second kappa shape index (κ2) is 3.70. The van der Waals surface area contributed by atoms with Gasteiger partial charge in [0.2, 0.25) is 0 Å². The summed E-state index contributed by atoms with van der Waals surface area (Å²) >= 11 is 0. The molecule has 1 nitrogen and oxygen atoms in total. The van der Waals surface area contributed by atoms with Crippen molar-refractivity contribution in [1.82, 2.24) is 0 Å². The fourth-order valence-electron chi connectivity index (χ4n) is 2.45. The molecule has 1 aliphatic carbocycles. The number of hydrogen-bond donors (Lipinski definition) is 1. The molecule has 0 bridgehead atoms. The first-order chi connectivity index (χ1) is 8.08. The Morgan fingerprint density at radius 2 is 1.72 bits per heavy atom. The summed E-state index contributed by atoms with van der Waals surface area (Å²) in [7, 11) is 0. The predicted molar refractivity (Wildman–Crippen MR) is 60.6 cm³/mol. The fourth-order valence-corrected chi connectivity index (χ4v) is 2.45. The van der Waals surface area contributed by atoms with Crippen LogP contribution in [0.2, 0.25) is 0 Å². The summed E-state index contributed by atoms with van der Waals surface area (Å²) in [4.78, 5) is 0. The quantitative estimate of drug-likeness (QED) is 0.808. The zero-order chi connectivity index (χ0) is 13.8. The minimum atomic E-state index is -4.46. The highest BCUT2D eigenvalue weighted by Gasteiger charge is 2.55. The van der Waals surface area contributed by atoms with Crippen molar-refractivity contribution in [2.75, 3.05) is 0 Å². The number of benzene rings is 1. The standard InChI is InChI=1S/C13H15F4N/c1-11(2,18)12(5-6-12)9-7-8(13(15,16)17)3-4-10(9)14/h3-4,7H,5-6,18H2,1-2H3. The van der Waals surface area contributed by atoms with E-state index in [1.54, 1.807) is 13.8 Å². The van der Waals surface area contributed by atoms with Gasteiger partial charge in [-0.2, -0.15) is 13.2 Å². The van der Waals surface area contributed by atoms with Gasteiger partial charge >= 0.3 is 6.18 Å². The number of halogens is 4. The third kappa shape index (κ3) is 2.00. The molecule has 0 atom stereocenters. The van der Waals surface area contributed by atoms with Crippen LogP contribution in [0.15, 0.2) is 18.2 Å². The van der Waals surface area contributed by atoms with Gasteiger partial charge in [-0.1, -0.05) is 0 Å². The van der Waals surface area contributed by atoms with Crippen LogP contribution in [0.4, 0.5) is 17.6 Å². The number of hydrogen-bond acceptors (Lipinski definition) is 1. The average Bonchev–Trinajstić information content (AvgIpc) is 2.96. The number of rotatable bonds is 2. The summed E-state index contributed by atoms with van der Waals surface area (Å²) in [6.07, 6.45) is -3.22.